The zero-order valence-corrected chi connectivity index (χ0v) is 44.9. The Balaban J connectivity index is 0.887. The molecule has 0 bridgehead atoms. The standard InChI is InChI=1S/C58H51FN6O8S4/c1-69-44-23-18-38(19-24-44)32-71-50-27-22-40(30-47(50)59)34-73-65-51(49-36-75-56(64(49)65)62-58(41-12-6-3-7-13-41,42-14-8-4-9-15-42)43-16-10-5-11-17-43)52(66)61-57(37-76-46-31-60-77-35-46)54(68)63-48(28-29-74-55(57)63)53(67)72-33-39-20-25-45(70-2)26-21-39/h3-28,30-31,35-36,51,55-56,62H,29,32-34,37H2,1-2H3,(H,61,66)/t51?,55-,56?,57?/m0/s1. The number of hydrogen-bond donors (Lipinski definition) is 2. The Morgan fingerprint density at radius 2 is 1.40 bits per heavy atom. The number of amides is 2. The molecular weight excluding hydrogens is 1060 g/mol. The lowest BCUT2D eigenvalue weighted by atomic mass is 9.77. The van der Waals surface area contributed by atoms with Gasteiger partial charge in [0.15, 0.2) is 23.1 Å². The molecule has 2 amide bonds. The molecule has 14 nitrogen and oxygen atoms in total. The molecule has 2 N–H and O–H groups in total. The van der Waals surface area contributed by atoms with Crippen LogP contribution in [0.25, 0.3) is 0 Å². The van der Waals surface area contributed by atoms with Gasteiger partial charge in [0.05, 0.1) is 38.3 Å². The number of thioether (sulfide) groups is 3. The molecule has 6 aromatic carbocycles. The van der Waals surface area contributed by atoms with Crippen molar-refractivity contribution in [3.63, 3.8) is 0 Å². The quantitative estimate of drug-likeness (QED) is 0.0305. The Labute approximate surface area is 461 Å². The van der Waals surface area contributed by atoms with Gasteiger partial charge in [-0.1, -0.05) is 138 Å². The summed E-state index contributed by atoms with van der Waals surface area (Å²) in [7, 11) is 3.17. The first-order valence-corrected chi connectivity index (χ1v) is 28.4. The Bertz CT molecular complexity index is 3190. The van der Waals surface area contributed by atoms with E-state index in [0.717, 1.165) is 32.7 Å². The van der Waals surface area contributed by atoms with E-state index in [4.69, 9.17) is 23.8 Å². The van der Waals surface area contributed by atoms with Crippen molar-refractivity contribution in [1.29, 1.82) is 0 Å². The number of rotatable bonds is 21. The highest BCUT2D eigenvalue weighted by molar-refractivity contribution is 8.03. The number of methoxy groups -OCH3 is 2. The number of carbonyl (C=O) groups excluding carboxylic acids is 3. The molecule has 11 rings (SSSR count). The molecule has 4 aliphatic heterocycles. The Hall–Kier alpha value is -7.10. The van der Waals surface area contributed by atoms with E-state index >= 15 is 9.18 Å². The summed E-state index contributed by atoms with van der Waals surface area (Å²) < 4.78 is 42.3. The fourth-order valence-corrected chi connectivity index (χ4v) is 14.0. The van der Waals surface area contributed by atoms with Crippen LogP contribution in [-0.2, 0) is 49.3 Å². The van der Waals surface area contributed by atoms with Gasteiger partial charge in [0.2, 0.25) is 5.91 Å². The number of hydrogen-bond acceptors (Lipinski definition) is 16. The van der Waals surface area contributed by atoms with E-state index in [9.17, 15) is 9.59 Å². The van der Waals surface area contributed by atoms with Crippen molar-refractivity contribution in [2.45, 2.75) is 52.7 Å². The number of fused-ring (bicyclic) bond motifs is 2. The van der Waals surface area contributed by atoms with Crippen molar-refractivity contribution >= 4 is 64.6 Å². The van der Waals surface area contributed by atoms with E-state index in [1.807, 2.05) is 94.7 Å². The van der Waals surface area contributed by atoms with E-state index < -0.39 is 51.6 Å². The number of β-lactam (4-membered cyclic amide) rings is 1. The Morgan fingerprint density at radius 1 is 0.792 bits per heavy atom. The summed E-state index contributed by atoms with van der Waals surface area (Å²) in [6, 6.07) is 48.7. The van der Waals surface area contributed by atoms with Crippen molar-refractivity contribution in [3.05, 3.63) is 231 Å². The normalized spacial score (nSPS) is 19.7. The first kappa shape index (κ1) is 52.0. The van der Waals surface area contributed by atoms with Gasteiger partial charge in [0.1, 0.15) is 41.3 Å². The fraction of sp³-hybridized carbons (Fsp3) is 0.207. The van der Waals surface area contributed by atoms with Gasteiger partial charge in [0.25, 0.3) is 5.91 Å². The summed E-state index contributed by atoms with van der Waals surface area (Å²) in [4.78, 5) is 53.0. The van der Waals surface area contributed by atoms with Crippen LogP contribution in [0, 0.1) is 5.82 Å². The number of hydrazine groups is 1. The minimum absolute atomic E-state index is 0.0157. The molecule has 4 aliphatic rings. The SMILES string of the molecule is COc1ccc(COC(=O)C2=CCS[C@@H]3N2C(=O)C3(CSc2cnsc2)NC(=O)C2C3=CSC(NC(c4ccccc4)(c4ccccc4)c4ccccc4)N3N2OCc2ccc(OCc3ccc(OC)cc3)c(F)c2)cc1. The zero-order chi connectivity index (χ0) is 52.9. The van der Waals surface area contributed by atoms with Crippen molar-refractivity contribution < 1.29 is 42.6 Å². The highest BCUT2D eigenvalue weighted by atomic mass is 32.2. The van der Waals surface area contributed by atoms with Crippen LogP contribution in [0.4, 0.5) is 4.39 Å². The number of nitrogens with zero attached hydrogens (tertiary/aromatic N) is 4. The molecule has 7 aromatic rings. The van der Waals surface area contributed by atoms with Gasteiger partial charge in [-0.3, -0.25) is 29.7 Å². The van der Waals surface area contributed by atoms with E-state index in [0.29, 0.717) is 28.5 Å². The van der Waals surface area contributed by atoms with Gasteiger partial charge in [-0.15, -0.1) is 23.5 Å². The number of ether oxygens (including phenoxy) is 4. The van der Waals surface area contributed by atoms with Crippen LogP contribution in [0.2, 0.25) is 0 Å². The maximum atomic E-state index is 15.9. The summed E-state index contributed by atoms with van der Waals surface area (Å²) in [5, 5.41) is 13.8. The number of esters is 1. The third kappa shape index (κ3) is 10.3. The highest BCUT2D eigenvalue weighted by Gasteiger charge is 2.66. The van der Waals surface area contributed by atoms with Crippen LogP contribution in [0.15, 0.2) is 197 Å². The summed E-state index contributed by atoms with van der Waals surface area (Å²) >= 11 is 5.60. The van der Waals surface area contributed by atoms with Crippen LogP contribution in [0.5, 0.6) is 17.2 Å². The molecule has 77 heavy (non-hydrogen) atoms. The van der Waals surface area contributed by atoms with Gasteiger partial charge >= 0.3 is 5.97 Å². The number of carbonyl (C=O) groups is 3. The molecule has 3 unspecified atom stereocenters. The lowest BCUT2D eigenvalue weighted by Gasteiger charge is -2.58. The Kier molecular flexibility index (Phi) is 15.4. The summed E-state index contributed by atoms with van der Waals surface area (Å²) in [6.07, 6.45) is 3.41. The van der Waals surface area contributed by atoms with E-state index in [1.54, 1.807) is 62.9 Å². The van der Waals surface area contributed by atoms with E-state index in [2.05, 4.69) is 51.4 Å². The minimum Gasteiger partial charge on any atom is -0.497 e. The van der Waals surface area contributed by atoms with Gasteiger partial charge in [-0.25, -0.2) is 9.18 Å². The van der Waals surface area contributed by atoms with Crippen molar-refractivity contribution in [2.24, 2.45) is 0 Å². The summed E-state index contributed by atoms with van der Waals surface area (Å²) in [6.45, 7) is -0.00586. The zero-order valence-electron chi connectivity index (χ0n) is 41.7. The van der Waals surface area contributed by atoms with E-state index in [-0.39, 0.29) is 37.0 Å². The molecule has 1 aromatic heterocycles. The second-order valence-electron chi connectivity index (χ2n) is 18.2. The predicted octanol–water partition coefficient (Wildman–Crippen LogP) is 9.85. The van der Waals surface area contributed by atoms with E-state index in [1.165, 1.54) is 63.0 Å². The molecular formula is C58H51FN6O8S4. The molecule has 2 fully saturated rings. The number of benzene rings is 6. The number of nitrogens with one attached hydrogen (secondary N) is 2. The molecule has 19 heteroatoms. The maximum Gasteiger partial charge on any atom is 0.355 e. The van der Waals surface area contributed by atoms with Crippen LogP contribution in [0.3, 0.4) is 0 Å². The first-order chi connectivity index (χ1) is 37.7. The third-order valence-corrected chi connectivity index (χ3v) is 17.8. The minimum atomic E-state index is -1.46. The molecule has 0 aliphatic carbocycles. The average Bonchev–Trinajstić information content (AvgIpc) is 4.15. The molecule has 4 atom stereocenters. The number of hydroxylamine groups is 1. The monoisotopic (exact) mass is 1110 g/mol. The summed E-state index contributed by atoms with van der Waals surface area (Å²) in [5.41, 5.74) is 2.83. The Morgan fingerprint density at radius 3 is 1.99 bits per heavy atom. The first-order valence-electron chi connectivity index (χ1n) is 24.5. The maximum absolute atomic E-state index is 15.9. The highest BCUT2D eigenvalue weighted by Crippen LogP contribution is 2.50. The van der Waals surface area contributed by atoms with Gasteiger partial charge in [-0.2, -0.15) is 4.37 Å². The van der Waals surface area contributed by atoms with Crippen LogP contribution >= 0.6 is 46.8 Å². The second kappa shape index (κ2) is 22.9. The molecule has 392 valence electrons. The average molecular weight is 1110 g/mol. The van der Waals surface area contributed by atoms with Crippen LogP contribution in [0.1, 0.15) is 33.4 Å². The predicted molar refractivity (Wildman–Crippen MR) is 295 cm³/mol. The molecule has 0 spiro atoms. The molecule has 5 heterocycles. The lowest BCUT2D eigenvalue weighted by molar-refractivity contribution is -0.344. The topological polar surface area (TPSA) is 144 Å². The van der Waals surface area contributed by atoms with Crippen LogP contribution in [-0.4, -0.2) is 85.4 Å². The molecule has 2 saturated heterocycles. The van der Waals surface area contributed by atoms with Crippen molar-refractivity contribution in [3.8, 4) is 17.2 Å². The molecule has 0 saturated carbocycles. The summed E-state index contributed by atoms with van der Waals surface area (Å²) in [5.74, 6) is -0.206. The van der Waals surface area contributed by atoms with Crippen LogP contribution < -0.4 is 24.8 Å². The lowest BCUT2D eigenvalue weighted by Crippen LogP contribution is -2.82. The fourth-order valence-electron chi connectivity index (χ4n) is 9.72. The third-order valence-electron chi connectivity index (χ3n) is 13.6. The number of halogens is 1. The van der Waals surface area contributed by atoms with Crippen molar-refractivity contribution in [1.82, 2.24) is 30.1 Å². The number of aromatic nitrogens is 1. The van der Waals surface area contributed by atoms with Crippen molar-refractivity contribution in [2.75, 3.05) is 25.7 Å². The second-order valence-corrected chi connectivity index (χ2v) is 22.0. The van der Waals surface area contributed by atoms with Gasteiger partial charge in [0, 0.05) is 21.8 Å². The molecule has 0 radical (unpaired) electrons. The largest absolute Gasteiger partial charge is 0.497 e. The van der Waals surface area contributed by atoms with Gasteiger partial charge < -0.3 is 24.3 Å². The van der Waals surface area contributed by atoms with Gasteiger partial charge in [-0.05, 0) is 92.8 Å². The smallest absolute Gasteiger partial charge is 0.355 e.